The van der Waals surface area contributed by atoms with Crippen LogP contribution in [0, 0.1) is 11.6 Å². The molecule has 1 aliphatic heterocycles. The average molecular weight is 408 g/mol. The Labute approximate surface area is 169 Å². The summed E-state index contributed by atoms with van der Waals surface area (Å²) >= 11 is 6.48. The van der Waals surface area contributed by atoms with E-state index < -0.39 is 11.6 Å². The van der Waals surface area contributed by atoms with E-state index in [1.165, 1.54) is 6.07 Å². The van der Waals surface area contributed by atoms with Crippen molar-refractivity contribution in [2.75, 3.05) is 26.8 Å². The van der Waals surface area contributed by atoms with Gasteiger partial charge in [0.1, 0.15) is 11.6 Å². The number of ether oxygens (including phenoxy) is 1. The number of hydrogen-bond donors (Lipinski definition) is 2. The van der Waals surface area contributed by atoms with E-state index in [1.807, 2.05) is 24.3 Å². The Morgan fingerprint density at radius 3 is 2.61 bits per heavy atom. The van der Waals surface area contributed by atoms with Crippen LogP contribution in [0.4, 0.5) is 8.78 Å². The van der Waals surface area contributed by atoms with Gasteiger partial charge in [0.25, 0.3) is 0 Å². The number of nitrogens with zero attached hydrogens (tertiary/aromatic N) is 1. The van der Waals surface area contributed by atoms with E-state index in [2.05, 4.69) is 15.6 Å². The van der Waals surface area contributed by atoms with Crippen LogP contribution in [-0.4, -0.2) is 32.8 Å². The molecule has 0 unspecified atom stereocenters. The molecule has 0 saturated carbocycles. The molecule has 2 aromatic rings. The zero-order chi connectivity index (χ0) is 20.0. The molecule has 0 atom stereocenters. The number of halogens is 3. The van der Waals surface area contributed by atoms with Crippen LogP contribution in [0.3, 0.4) is 0 Å². The molecule has 2 N–H and O–H groups in total. The Bertz CT molecular complexity index is 838. The molecule has 3 rings (SSSR count). The molecular formula is C21H24ClF2N3O. The smallest absolute Gasteiger partial charge is 0.191 e. The van der Waals surface area contributed by atoms with E-state index in [0.29, 0.717) is 25.7 Å². The van der Waals surface area contributed by atoms with Gasteiger partial charge in [-0.05, 0) is 42.7 Å². The number of benzene rings is 2. The second-order valence-corrected chi connectivity index (χ2v) is 7.29. The van der Waals surface area contributed by atoms with Gasteiger partial charge in [0.2, 0.25) is 0 Å². The van der Waals surface area contributed by atoms with Crippen LogP contribution >= 0.6 is 11.6 Å². The van der Waals surface area contributed by atoms with E-state index >= 15 is 0 Å². The van der Waals surface area contributed by atoms with E-state index in [-0.39, 0.29) is 17.5 Å². The van der Waals surface area contributed by atoms with Crippen molar-refractivity contribution < 1.29 is 13.5 Å². The standard InChI is InChI=1S/C21H24ClF2N3O/c1-25-20(26-13-15-12-16(23)6-7-19(15)24)27-14-21(8-10-28-11-9-21)17-4-2-3-5-18(17)22/h2-7,12H,8-11,13-14H2,1H3,(H2,25,26,27). The van der Waals surface area contributed by atoms with Crippen molar-refractivity contribution in [2.24, 2.45) is 4.99 Å². The second-order valence-electron chi connectivity index (χ2n) is 6.89. The van der Waals surface area contributed by atoms with Crippen LogP contribution in [0.1, 0.15) is 24.0 Å². The zero-order valence-electron chi connectivity index (χ0n) is 15.8. The number of nitrogens with one attached hydrogen (secondary N) is 2. The van der Waals surface area contributed by atoms with Gasteiger partial charge < -0.3 is 15.4 Å². The maximum atomic E-state index is 13.8. The number of rotatable bonds is 5. The summed E-state index contributed by atoms with van der Waals surface area (Å²) in [6.07, 6.45) is 1.67. The third-order valence-corrected chi connectivity index (χ3v) is 5.50. The first-order chi connectivity index (χ1) is 13.5. The molecule has 150 valence electrons. The quantitative estimate of drug-likeness (QED) is 0.581. The molecule has 2 aromatic carbocycles. The fourth-order valence-corrected chi connectivity index (χ4v) is 3.86. The summed E-state index contributed by atoms with van der Waals surface area (Å²) in [6, 6.07) is 11.3. The lowest BCUT2D eigenvalue weighted by atomic mass is 9.74. The minimum atomic E-state index is -0.471. The minimum Gasteiger partial charge on any atom is -0.381 e. The average Bonchev–Trinajstić information content (AvgIpc) is 2.71. The highest BCUT2D eigenvalue weighted by Crippen LogP contribution is 2.38. The summed E-state index contributed by atoms with van der Waals surface area (Å²) in [5.74, 6) is -0.413. The lowest BCUT2D eigenvalue weighted by Gasteiger charge is -2.38. The molecule has 1 aliphatic rings. The van der Waals surface area contributed by atoms with Gasteiger partial charge in [0.05, 0.1) is 0 Å². The lowest BCUT2D eigenvalue weighted by molar-refractivity contribution is 0.0514. The Balaban J connectivity index is 1.69. The summed E-state index contributed by atoms with van der Waals surface area (Å²) in [4.78, 5) is 4.20. The molecule has 0 radical (unpaired) electrons. The van der Waals surface area contributed by atoms with Gasteiger partial charge in [-0.15, -0.1) is 0 Å². The highest BCUT2D eigenvalue weighted by molar-refractivity contribution is 6.31. The molecule has 7 heteroatoms. The van der Waals surface area contributed by atoms with Crippen molar-refractivity contribution in [1.29, 1.82) is 0 Å². The Hall–Kier alpha value is -2.18. The third kappa shape index (κ3) is 4.80. The first-order valence-corrected chi connectivity index (χ1v) is 9.63. The van der Waals surface area contributed by atoms with E-state index in [4.69, 9.17) is 16.3 Å². The van der Waals surface area contributed by atoms with Gasteiger partial charge in [-0.25, -0.2) is 8.78 Å². The predicted octanol–water partition coefficient (Wildman–Crippen LogP) is 4.03. The summed E-state index contributed by atoms with van der Waals surface area (Å²) < 4.78 is 32.7. The fraction of sp³-hybridized carbons (Fsp3) is 0.381. The lowest BCUT2D eigenvalue weighted by Crippen LogP contribution is -2.48. The Morgan fingerprint density at radius 2 is 1.89 bits per heavy atom. The molecule has 4 nitrogen and oxygen atoms in total. The topological polar surface area (TPSA) is 45.7 Å². The van der Waals surface area contributed by atoms with Crippen LogP contribution in [0.25, 0.3) is 0 Å². The fourth-order valence-electron chi connectivity index (χ4n) is 3.53. The van der Waals surface area contributed by atoms with Gasteiger partial charge in [0.15, 0.2) is 5.96 Å². The number of guanidine groups is 1. The van der Waals surface area contributed by atoms with Crippen molar-refractivity contribution in [1.82, 2.24) is 10.6 Å². The minimum absolute atomic E-state index is 0.130. The Morgan fingerprint density at radius 1 is 1.14 bits per heavy atom. The molecule has 1 fully saturated rings. The molecule has 1 saturated heterocycles. The Kier molecular flexibility index (Phi) is 6.86. The van der Waals surface area contributed by atoms with Crippen molar-refractivity contribution in [2.45, 2.75) is 24.8 Å². The molecule has 0 amide bonds. The largest absolute Gasteiger partial charge is 0.381 e. The summed E-state index contributed by atoms with van der Waals surface area (Å²) in [5, 5.41) is 7.10. The molecule has 1 heterocycles. The van der Waals surface area contributed by atoms with E-state index in [1.54, 1.807) is 7.05 Å². The van der Waals surface area contributed by atoms with Gasteiger partial charge in [-0.3, -0.25) is 4.99 Å². The first kappa shape index (κ1) is 20.6. The highest BCUT2D eigenvalue weighted by atomic mass is 35.5. The van der Waals surface area contributed by atoms with Crippen LogP contribution < -0.4 is 10.6 Å². The van der Waals surface area contributed by atoms with E-state index in [9.17, 15) is 8.78 Å². The predicted molar refractivity (Wildman–Crippen MR) is 108 cm³/mol. The maximum Gasteiger partial charge on any atom is 0.191 e. The maximum absolute atomic E-state index is 13.8. The van der Waals surface area contributed by atoms with Crippen LogP contribution in [0.5, 0.6) is 0 Å². The molecule has 0 spiro atoms. The number of aliphatic imine (C=N–C) groups is 1. The molecule has 28 heavy (non-hydrogen) atoms. The van der Waals surface area contributed by atoms with E-state index in [0.717, 1.165) is 35.6 Å². The van der Waals surface area contributed by atoms with Crippen LogP contribution in [0.15, 0.2) is 47.5 Å². The second kappa shape index (κ2) is 9.34. The van der Waals surface area contributed by atoms with Crippen molar-refractivity contribution >= 4 is 17.6 Å². The third-order valence-electron chi connectivity index (χ3n) is 5.17. The van der Waals surface area contributed by atoms with Gasteiger partial charge in [-0.2, -0.15) is 0 Å². The first-order valence-electron chi connectivity index (χ1n) is 9.25. The highest BCUT2D eigenvalue weighted by Gasteiger charge is 2.36. The van der Waals surface area contributed by atoms with Crippen molar-refractivity contribution in [3.8, 4) is 0 Å². The molecule has 0 bridgehead atoms. The van der Waals surface area contributed by atoms with Gasteiger partial charge in [-0.1, -0.05) is 29.8 Å². The van der Waals surface area contributed by atoms with Crippen LogP contribution in [-0.2, 0) is 16.7 Å². The zero-order valence-corrected chi connectivity index (χ0v) is 16.5. The van der Waals surface area contributed by atoms with Crippen molar-refractivity contribution in [3.63, 3.8) is 0 Å². The molecule has 0 aromatic heterocycles. The van der Waals surface area contributed by atoms with Crippen LogP contribution in [0.2, 0.25) is 5.02 Å². The molecule has 0 aliphatic carbocycles. The van der Waals surface area contributed by atoms with Crippen molar-refractivity contribution in [3.05, 3.63) is 70.2 Å². The monoisotopic (exact) mass is 407 g/mol. The summed E-state index contributed by atoms with van der Waals surface area (Å²) in [5.41, 5.74) is 1.15. The summed E-state index contributed by atoms with van der Waals surface area (Å²) in [7, 11) is 1.64. The van der Waals surface area contributed by atoms with Gasteiger partial charge in [0, 0.05) is 49.4 Å². The summed E-state index contributed by atoms with van der Waals surface area (Å²) in [6.45, 7) is 2.05. The SMILES string of the molecule is CN=C(NCc1cc(F)ccc1F)NCC1(c2ccccc2Cl)CCOCC1. The van der Waals surface area contributed by atoms with Gasteiger partial charge >= 0.3 is 0 Å². The molecular weight excluding hydrogens is 384 g/mol. The normalized spacial score (nSPS) is 16.6. The number of hydrogen-bond acceptors (Lipinski definition) is 2.